The zero-order chi connectivity index (χ0) is 36.9. The predicted molar refractivity (Wildman–Crippen MR) is 194 cm³/mol. The SMILES string of the molecule is NCC(=O)NCC(=O)NCC(=O)Nc1ccccc1-c1ccc(CC(NC(=O)C2CCC(CN)CC2)C(=O)Nc2ccc(-c3nn[nH]n3)cc2)cc1. The second-order valence-corrected chi connectivity index (χ2v) is 12.6. The maximum absolute atomic E-state index is 13.7. The van der Waals surface area contributed by atoms with Crippen LogP contribution in [0.2, 0.25) is 0 Å². The Morgan fingerprint density at radius 2 is 1.44 bits per heavy atom. The van der Waals surface area contributed by atoms with Gasteiger partial charge in [-0.3, -0.25) is 24.0 Å². The summed E-state index contributed by atoms with van der Waals surface area (Å²) in [6, 6.07) is 20.9. The number of para-hydroxylation sites is 1. The molecule has 0 spiro atoms. The summed E-state index contributed by atoms with van der Waals surface area (Å²) in [6.45, 7) is -0.218. The van der Waals surface area contributed by atoms with Crippen molar-refractivity contribution >= 4 is 40.9 Å². The Bertz CT molecular complexity index is 1820. The van der Waals surface area contributed by atoms with Crippen LogP contribution in [0, 0.1) is 11.8 Å². The van der Waals surface area contributed by atoms with Gasteiger partial charge in [-0.05, 0) is 84.8 Å². The van der Waals surface area contributed by atoms with Crippen molar-refractivity contribution in [2.45, 2.75) is 38.1 Å². The second-order valence-electron chi connectivity index (χ2n) is 12.6. The van der Waals surface area contributed by atoms with Crippen molar-refractivity contribution in [3.05, 3.63) is 78.4 Å². The maximum atomic E-state index is 13.7. The van der Waals surface area contributed by atoms with Crippen molar-refractivity contribution in [2.24, 2.45) is 23.3 Å². The predicted octanol–water partition coefficient (Wildman–Crippen LogP) is 1.09. The number of aromatic nitrogens is 4. The van der Waals surface area contributed by atoms with Gasteiger partial charge in [-0.15, -0.1) is 10.2 Å². The van der Waals surface area contributed by atoms with Gasteiger partial charge in [-0.1, -0.05) is 42.5 Å². The summed E-state index contributed by atoms with van der Waals surface area (Å²) in [5.74, 6) is -1.31. The Labute approximate surface area is 300 Å². The number of rotatable bonds is 15. The number of amides is 5. The van der Waals surface area contributed by atoms with E-state index in [0.717, 1.165) is 47.9 Å². The number of benzene rings is 3. The summed E-state index contributed by atoms with van der Waals surface area (Å²) >= 11 is 0. The van der Waals surface area contributed by atoms with Gasteiger partial charge >= 0.3 is 0 Å². The van der Waals surface area contributed by atoms with E-state index in [0.29, 0.717) is 29.7 Å². The minimum Gasteiger partial charge on any atom is -0.346 e. The van der Waals surface area contributed by atoms with Gasteiger partial charge in [0.1, 0.15) is 6.04 Å². The first kappa shape index (κ1) is 37.3. The smallest absolute Gasteiger partial charge is 0.247 e. The molecule has 1 aliphatic rings. The number of carbonyl (C=O) groups excluding carboxylic acids is 5. The third kappa shape index (κ3) is 10.5. The molecule has 52 heavy (non-hydrogen) atoms. The number of hydrogen-bond acceptors (Lipinski definition) is 10. The van der Waals surface area contributed by atoms with Crippen molar-refractivity contribution in [3.63, 3.8) is 0 Å². The van der Waals surface area contributed by atoms with Gasteiger partial charge in [0.25, 0.3) is 0 Å². The van der Waals surface area contributed by atoms with Gasteiger partial charge in [-0.2, -0.15) is 5.21 Å². The van der Waals surface area contributed by atoms with Crippen molar-refractivity contribution in [1.29, 1.82) is 0 Å². The van der Waals surface area contributed by atoms with Gasteiger partial charge in [0.05, 0.1) is 19.6 Å². The average Bonchev–Trinajstić information content (AvgIpc) is 3.72. The first-order chi connectivity index (χ1) is 25.2. The molecule has 272 valence electrons. The Balaban J connectivity index is 1.25. The summed E-state index contributed by atoms with van der Waals surface area (Å²) in [5, 5.41) is 27.5. The molecule has 0 aliphatic heterocycles. The molecule has 0 radical (unpaired) electrons. The van der Waals surface area contributed by atoms with Crippen LogP contribution < -0.4 is 38.1 Å². The fourth-order valence-corrected chi connectivity index (χ4v) is 5.96. The molecule has 1 aliphatic carbocycles. The molecule has 1 atom stereocenters. The number of H-pyrrole nitrogens is 1. The normalized spacial score (nSPS) is 15.9. The van der Waals surface area contributed by atoms with Crippen molar-refractivity contribution in [1.82, 2.24) is 36.6 Å². The molecule has 16 heteroatoms. The van der Waals surface area contributed by atoms with Crippen LogP contribution in [0.25, 0.3) is 22.5 Å². The summed E-state index contributed by atoms with van der Waals surface area (Å²) in [5.41, 5.74) is 15.2. The highest BCUT2D eigenvalue weighted by atomic mass is 16.2. The molecule has 0 saturated heterocycles. The standard InChI is InChI=1S/C36H43N11O5/c37-18-23-7-11-26(12-8-23)35(51)43-30(36(52)41-27-15-13-25(14-16-27)34-44-46-47-45-34)17-22-5-9-24(10-6-22)28-3-1-2-4-29(28)42-33(50)21-40-32(49)20-39-31(48)19-38/h1-6,9-10,13-16,23,26,30H,7-8,11-12,17-21,37-38H2,(H,39,48)(H,40,49)(H,41,52)(H,42,50)(H,43,51)(H,44,45,46,47). The lowest BCUT2D eigenvalue weighted by molar-refractivity contribution is -0.130. The fourth-order valence-electron chi connectivity index (χ4n) is 5.96. The van der Waals surface area contributed by atoms with Crippen LogP contribution in [0.15, 0.2) is 72.8 Å². The highest BCUT2D eigenvalue weighted by Crippen LogP contribution is 2.30. The molecule has 0 bridgehead atoms. The molecule has 4 aromatic rings. The lowest BCUT2D eigenvalue weighted by Crippen LogP contribution is -2.48. The number of nitrogens with two attached hydrogens (primary N) is 2. The van der Waals surface area contributed by atoms with E-state index in [9.17, 15) is 24.0 Å². The molecular weight excluding hydrogens is 666 g/mol. The highest BCUT2D eigenvalue weighted by Gasteiger charge is 2.29. The van der Waals surface area contributed by atoms with Crippen LogP contribution in [0.1, 0.15) is 31.2 Å². The third-order valence-electron chi connectivity index (χ3n) is 8.92. The molecule has 5 rings (SSSR count). The summed E-state index contributed by atoms with van der Waals surface area (Å²) < 4.78 is 0. The molecule has 5 amide bonds. The molecular formula is C36H43N11O5. The number of nitrogens with one attached hydrogen (secondary N) is 6. The zero-order valence-electron chi connectivity index (χ0n) is 28.6. The number of anilines is 2. The third-order valence-corrected chi connectivity index (χ3v) is 8.92. The van der Waals surface area contributed by atoms with E-state index in [1.54, 1.807) is 36.4 Å². The van der Waals surface area contributed by atoms with E-state index in [2.05, 4.69) is 47.2 Å². The van der Waals surface area contributed by atoms with Gasteiger partial charge in [-0.25, -0.2) is 0 Å². The second kappa shape index (κ2) is 18.3. The maximum Gasteiger partial charge on any atom is 0.247 e. The van der Waals surface area contributed by atoms with Crippen LogP contribution in [0.3, 0.4) is 0 Å². The van der Waals surface area contributed by atoms with Gasteiger partial charge in [0.2, 0.25) is 35.4 Å². The quantitative estimate of drug-likeness (QED) is 0.0872. The summed E-state index contributed by atoms with van der Waals surface area (Å²) in [7, 11) is 0. The number of hydrogen-bond donors (Lipinski definition) is 8. The molecule has 1 fully saturated rings. The van der Waals surface area contributed by atoms with Crippen LogP contribution in [0.5, 0.6) is 0 Å². The molecule has 1 saturated carbocycles. The van der Waals surface area contributed by atoms with E-state index >= 15 is 0 Å². The average molecular weight is 710 g/mol. The van der Waals surface area contributed by atoms with Crippen molar-refractivity contribution in [2.75, 3.05) is 36.8 Å². The van der Waals surface area contributed by atoms with Crippen LogP contribution in [-0.2, 0) is 30.4 Å². The van der Waals surface area contributed by atoms with Crippen molar-refractivity contribution in [3.8, 4) is 22.5 Å². The lowest BCUT2D eigenvalue weighted by atomic mass is 9.81. The summed E-state index contributed by atoms with van der Waals surface area (Å²) in [4.78, 5) is 63.0. The Morgan fingerprint density at radius 3 is 2.12 bits per heavy atom. The number of nitrogens with zero attached hydrogens (tertiary/aromatic N) is 3. The van der Waals surface area contributed by atoms with Gasteiger partial charge in [0.15, 0.2) is 0 Å². The molecule has 1 unspecified atom stereocenters. The van der Waals surface area contributed by atoms with E-state index in [-0.39, 0.29) is 43.8 Å². The molecule has 3 aromatic carbocycles. The topological polar surface area (TPSA) is 252 Å². The lowest BCUT2D eigenvalue weighted by Gasteiger charge is -2.28. The van der Waals surface area contributed by atoms with E-state index in [1.165, 1.54) is 0 Å². The molecule has 16 nitrogen and oxygen atoms in total. The van der Waals surface area contributed by atoms with Crippen LogP contribution in [-0.4, -0.2) is 82.4 Å². The summed E-state index contributed by atoms with van der Waals surface area (Å²) in [6.07, 6.45) is 3.45. The first-order valence-electron chi connectivity index (χ1n) is 17.1. The van der Waals surface area contributed by atoms with Gasteiger partial charge < -0.3 is 38.1 Å². The van der Waals surface area contributed by atoms with Crippen LogP contribution >= 0.6 is 0 Å². The Morgan fingerprint density at radius 1 is 0.769 bits per heavy atom. The van der Waals surface area contributed by atoms with Crippen LogP contribution in [0.4, 0.5) is 11.4 Å². The monoisotopic (exact) mass is 709 g/mol. The first-order valence-corrected chi connectivity index (χ1v) is 17.1. The zero-order valence-corrected chi connectivity index (χ0v) is 28.6. The van der Waals surface area contributed by atoms with E-state index in [1.807, 2.05) is 36.4 Å². The van der Waals surface area contributed by atoms with E-state index < -0.39 is 23.8 Å². The minimum absolute atomic E-state index is 0.152. The molecule has 1 aromatic heterocycles. The number of aromatic amines is 1. The largest absolute Gasteiger partial charge is 0.346 e. The van der Waals surface area contributed by atoms with Crippen molar-refractivity contribution < 1.29 is 24.0 Å². The number of tetrazole rings is 1. The Kier molecular flexibility index (Phi) is 13.1. The number of carbonyl (C=O) groups is 5. The van der Waals surface area contributed by atoms with E-state index in [4.69, 9.17) is 11.5 Å². The molecule has 1 heterocycles. The Hall–Kier alpha value is -6.00. The minimum atomic E-state index is -0.854. The molecule has 10 N–H and O–H groups in total. The highest BCUT2D eigenvalue weighted by molar-refractivity contribution is 5.99. The fraction of sp³-hybridized carbons (Fsp3) is 0.333. The van der Waals surface area contributed by atoms with Gasteiger partial charge in [0, 0.05) is 34.8 Å².